The Morgan fingerprint density at radius 3 is 1.87 bits per heavy atom. The molecule has 9 heteroatoms. The second-order valence-electron chi connectivity index (χ2n) is 12.2. The third-order valence-electron chi connectivity index (χ3n) is 8.61. The summed E-state index contributed by atoms with van der Waals surface area (Å²) >= 11 is 6.78. The van der Waals surface area contributed by atoms with Gasteiger partial charge in [-0.1, -0.05) is 83.2 Å². The number of unbranched alkanes of at least 4 members (excludes halogenated alkanes) is 4. The molecule has 0 aliphatic carbocycles. The Balaban J connectivity index is 2.08. The maximum absolute atomic E-state index is 10.9. The van der Waals surface area contributed by atoms with Crippen molar-refractivity contribution in [2.75, 3.05) is 46.8 Å². The number of ether oxygens (including phenoxy) is 6. The van der Waals surface area contributed by atoms with Crippen LogP contribution in [0.15, 0.2) is 42.5 Å². The van der Waals surface area contributed by atoms with Crippen molar-refractivity contribution < 1.29 is 38.6 Å². The Kier molecular flexibility index (Phi) is 16.8. The minimum absolute atomic E-state index is 0.426. The lowest BCUT2D eigenvalue weighted by Gasteiger charge is -2.56. The lowest BCUT2D eigenvalue weighted by Crippen LogP contribution is -2.73. The molecule has 2 N–H and O–H groups in total. The molecule has 1 aliphatic rings. The molecule has 8 nitrogen and oxygen atoms in total. The minimum atomic E-state index is -1.54. The molecule has 0 amide bonds. The van der Waals surface area contributed by atoms with Crippen molar-refractivity contribution >= 4 is 11.6 Å². The van der Waals surface area contributed by atoms with Gasteiger partial charge in [-0.25, -0.2) is 0 Å². The van der Waals surface area contributed by atoms with Gasteiger partial charge >= 0.3 is 0 Å². The van der Waals surface area contributed by atoms with Crippen LogP contribution < -0.4 is 4.74 Å². The van der Waals surface area contributed by atoms with Crippen LogP contribution in [-0.2, 0) is 35.9 Å². The van der Waals surface area contributed by atoms with Crippen LogP contribution in [0.5, 0.6) is 5.75 Å². The van der Waals surface area contributed by atoms with E-state index in [-0.39, 0.29) is 0 Å². The number of halogens is 1. The van der Waals surface area contributed by atoms with Gasteiger partial charge < -0.3 is 38.6 Å². The van der Waals surface area contributed by atoms with Crippen LogP contribution >= 0.6 is 11.6 Å². The topological polar surface area (TPSA) is 95.8 Å². The van der Waals surface area contributed by atoms with Gasteiger partial charge in [0.25, 0.3) is 0 Å². The number of methoxy groups -OCH3 is 1. The largest absolute Gasteiger partial charge is 0.494 e. The predicted octanol–water partition coefficient (Wildman–Crippen LogP) is 7.22. The van der Waals surface area contributed by atoms with Gasteiger partial charge in [-0.15, -0.1) is 0 Å². The number of aliphatic hydroxyl groups excluding tert-OH is 2. The normalized spacial score (nSPS) is 22.7. The molecular formula is C37H57ClO8. The van der Waals surface area contributed by atoms with E-state index in [0.717, 1.165) is 68.2 Å². The molecule has 0 spiro atoms. The van der Waals surface area contributed by atoms with Crippen LogP contribution in [-0.4, -0.2) is 80.9 Å². The van der Waals surface area contributed by atoms with Crippen molar-refractivity contribution in [3.63, 3.8) is 0 Å². The summed E-state index contributed by atoms with van der Waals surface area (Å²) in [6, 6.07) is 13.7. The lowest BCUT2D eigenvalue weighted by atomic mass is 9.80. The molecule has 1 fully saturated rings. The van der Waals surface area contributed by atoms with Gasteiger partial charge in [0.05, 0.1) is 19.8 Å². The molecule has 3 rings (SSSR count). The molecule has 46 heavy (non-hydrogen) atoms. The molecule has 0 bridgehead atoms. The molecule has 0 saturated carbocycles. The van der Waals surface area contributed by atoms with E-state index >= 15 is 0 Å². The van der Waals surface area contributed by atoms with Gasteiger partial charge in [0, 0.05) is 37.5 Å². The highest BCUT2D eigenvalue weighted by atomic mass is 35.5. The number of hydrogen-bond acceptors (Lipinski definition) is 8. The fourth-order valence-corrected chi connectivity index (χ4v) is 5.95. The van der Waals surface area contributed by atoms with Crippen molar-refractivity contribution in [3.05, 3.63) is 64.2 Å². The molecular weight excluding hydrogens is 608 g/mol. The third-order valence-corrected chi connectivity index (χ3v) is 8.98. The second-order valence-corrected chi connectivity index (χ2v) is 12.6. The monoisotopic (exact) mass is 664 g/mol. The van der Waals surface area contributed by atoms with E-state index in [4.69, 9.17) is 40.0 Å². The lowest BCUT2D eigenvalue weighted by molar-refractivity contribution is -0.414. The molecule has 2 aromatic rings. The first-order valence-corrected chi connectivity index (χ1v) is 17.6. The quantitative estimate of drug-likeness (QED) is 0.127. The number of rotatable bonds is 22. The van der Waals surface area contributed by atoms with Gasteiger partial charge in [-0.05, 0) is 67.5 Å². The molecule has 1 saturated heterocycles. The Bertz CT molecular complexity index is 1120. The fourth-order valence-electron chi connectivity index (χ4n) is 5.77. The summed E-state index contributed by atoms with van der Waals surface area (Å²) in [7, 11) is 1.56. The maximum atomic E-state index is 10.9. The molecule has 0 aromatic heterocycles. The van der Waals surface area contributed by atoms with E-state index in [0.29, 0.717) is 43.4 Å². The molecule has 0 unspecified atom stereocenters. The van der Waals surface area contributed by atoms with Crippen molar-refractivity contribution in [3.8, 4) is 5.75 Å². The smallest absolute Gasteiger partial charge is 0.225 e. The van der Waals surface area contributed by atoms with Crippen LogP contribution in [0.3, 0.4) is 0 Å². The van der Waals surface area contributed by atoms with Gasteiger partial charge in [0.15, 0.2) is 0 Å². The van der Waals surface area contributed by atoms with Crippen molar-refractivity contribution in [2.24, 2.45) is 0 Å². The van der Waals surface area contributed by atoms with E-state index < -0.39 is 42.9 Å². The predicted molar refractivity (Wildman–Crippen MR) is 182 cm³/mol. The van der Waals surface area contributed by atoms with Crippen LogP contribution in [0, 0.1) is 0 Å². The van der Waals surface area contributed by atoms with Crippen molar-refractivity contribution in [2.45, 2.75) is 115 Å². The fraction of sp³-hybridized carbons (Fsp3) is 0.676. The SMILES string of the molecule is CCCCOc1ccc(Cc2cc([C@]3(OC)OC(CO)(CO)[C@@H](OCCCC)[C@H](OCCCC)[C@H]3OCCCC)ccc2Cl)cc1. The molecule has 0 radical (unpaired) electrons. The Hall–Kier alpha value is -1.75. The van der Waals surface area contributed by atoms with Gasteiger partial charge in [-0.2, -0.15) is 0 Å². The highest BCUT2D eigenvalue weighted by Crippen LogP contribution is 2.47. The van der Waals surface area contributed by atoms with Gasteiger partial charge in [0.2, 0.25) is 5.79 Å². The zero-order valence-corrected chi connectivity index (χ0v) is 29.4. The highest BCUT2D eigenvalue weighted by molar-refractivity contribution is 6.31. The second kappa shape index (κ2) is 19.9. The van der Waals surface area contributed by atoms with Crippen LogP contribution in [0.25, 0.3) is 0 Å². The number of benzene rings is 2. The zero-order chi connectivity index (χ0) is 33.4. The summed E-state index contributed by atoms with van der Waals surface area (Å²) in [5.41, 5.74) is 1.06. The maximum Gasteiger partial charge on any atom is 0.225 e. The van der Waals surface area contributed by atoms with Crippen molar-refractivity contribution in [1.29, 1.82) is 0 Å². The van der Waals surface area contributed by atoms with Crippen LogP contribution in [0.4, 0.5) is 0 Å². The van der Waals surface area contributed by atoms with E-state index in [1.54, 1.807) is 7.11 Å². The molecule has 2 aromatic carbocycles. The first-order chi connectivity index (χ1) is 22.4. The molecule has 260 valence electrons. The summed E-state index contributed by atoms with van der Waals surface area (Å²) in [6.07, 6.45) is 5.68. The zero-order valence-electron chi connectivity index (χ0n) is 28.6. The molecule has 1 aliphatic heterocycles. The van der Waals surface area contributed by atoms with E-state index in [1.165, 1.54) is 0 Å². The third kappa shape index (κ3) is 9.66. The standard InChI is InChI=1S/C37H57ClO8/c1-6-10-20-42-31-17-14-28(15-18-31)24-29-25-30(16-19-32(29)38)37(41-5)35(45-23-13-9-4)33(43-21-11-7-2)34(44-22-12-8-3)36(26-39,27-40)46-37/h14-19,25,33-35,39-40H,6-13,20-24,26-27H2,1-5H3/t33-,34-,35+,37-/m0/s1. The average Bonchev–Trinajstić information content (AvgIpc) is 3.08. The Labute approximate surface area is 281 Å². The van der Waals surface area contributed by atoms with E-state index in [2.05, 4.69) is 27.7 Å². The molecule has 1 heterocycles. The van der Waals surface area contributed by atoms with E-state index in [1.807, 2.05) is 42.5 Å². The minimum Gasteiger partial charge on any atom is -0.494 e. The Morgan fingerprint density at radius 2 is 1.30 bits per heavy atom. The highest BCUT2D eigenvalue weighted by Gasteiger charge is 2.64. The van der Waals surface area contributed by atoms with Gasteiger partial charge in [0.1, 0.15) is 29.7 Å². The first kappa shape index (κ1) is 38.7. The average molecular weight is 665 g/mol. The number of hydrogen-bond donors (Lipinski definition) is 2. The summed E-state index contributed by atoms with van der Waals surface area (Å²) in [5.74, 6) is -0.705. The first-order valence-electron chi connectivity index (χ1n) is 17.2. The molecule has 4 atom stereocenters. The van der Waals surface area contributed by atoms with Crippen LogP contribution in [0.2, 0.25) is 5.02 Å². The van der Waals surface area contributed by atoms with E-state index in [9.17, 15) is 10.2 Å². The summed E-state index contributed by atoms with van der Waals surface area (Å²) < 4.78 is 38.6. The summed E-state index contributed by atoms with van der Waals surface area (Å²) in [6.45, 7) is 9.45. The van der Waals surface area contributed by atoms with Gasteiger partial charge in [-0.3, -0.25) is 0 Å². The summed E-state index contributed by atoms with van der Waals surface area (Å²) in [4.78, 5) is 0. The summed E-state index contributed by atoms with van der Waals surface area (Å²) in [5, 5.41) is 22.3. The van der Waals surface area contributed by atoms with Crippen molar-refractivity contribution in [1.82, 2.24) is 0 Å². The number of aliphatic hydroxyl groups is 2. The Morgan fingerprint density at radius 1 is 0.739 bits per heavy atom. The van der Waals surface area contributed by atoms with Crippen LogP contribution in [0.1, 0.15) is 95.8 Å².